The predicted octanol–water partition coefficient (Wildman–Crippen LogP) is 1.37. The molecule has 2 aromatic rings. The van der Waals surface area contributed by atoms with E-state index in [0.717, 1.165) is 23.9 Å². The lowest BCUT2D eigenvalue weighted by atomic mass is 10.1. The zero-order valence-corrected chi connectivity index (χ0v) is 10.7. The highest BCUT2D eigenvalue weighted by atomic mass is 16.3. The number of aliphatic hydroxyl groups is 1. The fourth-order valence-corrected chi connectivity index (χ4v) is 2.57. The molecular formula is C13H16N4O2. The molecule has 1 fully saturated rings. The van der Waals surface area contributed by atoms with Crippen LogP contribution in [0.15, 0.2) is 12.3 Å². The van der Waals surface area contributed by atoms with E-state index in [1.807, 2.05) is 13.0 Å². The summed E-state index contributed by atoms with van der Waals surface area (Å²) in [5, 5.41) is 20.3. The van der Waals surface area contributed by atoms with Gasteiger partial charge in [-0.2, -0.15) is 5.10 Å². The Bertz CT molecular complexity index is 622. The minimum atomic E-state index is -0.521. The first-order valence-corrected chi connectivity index (χ1v) is 6.45. The highest BCUT2D eigenvalue weighted by Crippen LogP contribution is 2.27. The average Bonchev–Trinajstić information content (AvgIpc) is 2.97. The van der Waals surface area contributed by atoms with Gasteiger partial charge in [-0.05, 0) is 32.3 Å². The fourth-order valence-electron chi connectivity index (χ4n) is 2.57. The van der Waals surface area contributed by atoms with E-state index >= 15 is 0 Å². The predicted molar refractivity (Wildman–Crippen MR) is 70.6 cm³/mol. The van der Waals surface area contributed by atoms with Gasteiger partial charge in [0.15, 0.2) is 5.65 Å². The first-order valence-electron chi connectivity index (χ1n) is 6.45. The van der Waals surface area contributed by atoms with Gasteiger partial charge < -0.3 is 10.4 Å². The van der Waals surface area contributed by atoms with E-state index in [2.05, 4.69) is 20.5 Å². The van der Waals surface area contributed by atoms with Crippen LogP contribution in [0.4, 0.5) is 5.69 Å². The van der Waals surface area contributed by atoms with Crippen molar-refractivity contribution in [2.24, 2.45) is 5.92 Å². The summed E-state index contributed by atoms with van der Waals surface area (Å²) in [6.45, 7) is 1.91. The van der Waals surface area contributed by atoms with Gasteiger partial charge in [-0.15, -0.1) is 0 Å². The Labute approximate surface area is 110 Å². The molecule has 3 N–H and O–H groups in total. The Kier molecular flexibility index (Phi) is 2.94. The number of hydrogen-bond donors (Lipinski definition) is 3. The molecule has 0 saturated heterocycles. The molecule has 6 heteroatoms. The molecule has 0 bridgehead atoms. The maximum atomic E-state index is 12.1. The summed E-state index contributed by atoms with van der Waals surface area (Å²) in [4.78, 5) is 16.2. The van der Waals surface area contributed by atoms with Crippen molar-refractivity contribution in [2.75, 3.05) is 5.32 Å². The van der Waals surface area contributed by atoms with Crippen LogP contribution in [0.3, 0.4) is 0 Å². The van der Waals surface area contributed by atoms with Crippen LogP contribution in [0.2, 0.25) is 0 Å². The van der Waals surface area contributed by atoms with Crippen LogP contribution < -0.4 is 5.32 Å². The van der Waals surface area contributed by atoms with Crippen molar-refractivity contribution in [3.8, 4) is 0 Å². The molecule has 2 aromatic heterocycles. The molecule has 100 valence electrons. The normalized spacial score (nSPS) is 22.8. The number of nitrogens with zero attached hydrogens (tertiary/aromatic N) is 2. The SMILES string of the molecule is Cc1[nH]nc2ncc(NC(=O)C3CCCC3O)cc12. The van der Waals surface area contributed by atoms with Crippen LogP contribution in [0.1, 0.15) is 25.0 Å². The third-order valence-corrected chi connectivity index (χ3v) is 3.68. The van der Waals surface area contributed by atoms with Gasteiger partial charge in [0.25, 0.3) is 0 Å². The largest absolute Gasteiger partial charge is 0.392 e. The molecule has 19 heavy (non-hydrogen) atoms. The topological polar surface area (TPSA) is 90.9 Å². The van der Waals surface area contributed by atoms with Crippen molar-refractivity contribution in [1.29, 1.82) is 0 Å². The smallest absolute Gasteiger partial charge is 0.230 e. The minimum absolute atomic E-state index is 0.132. The van der Waals surface area contributed by atoms with Gasteiger partial charge >= 0.3 is 0 Å². The summed E-state index contributed by atoms with van der Waals surface area (Å²) < 4.78 is 0. The number of hydrogen-bond acceptors (Lipinski definition) is 4. The number of anilines is 1. The van der Waals surface area contributed by atoms with E-state index in [0.29, 0.717) is 17.8 Å². The van der Waals surface area contributed by atoms with Crippen molar-refractivity contribution >= 4 is 22.6 Å². The number of aryl methyl sites for hydroxylation is 1. The van der Waals surface area contributed by atoms with E-state index in [4.69, 9.17) is 0 Å². The van der Waals surface area contributed by atoms with Gasteiger partial charge in [0.2, 0.25) is 5.91 Å². The number of rotatable bonds is 2. The van der Waals surface area contributed by atoms with E-state index in [1.54, 1.807) is 6.20 Å². The van der Waals surface area contributed by atoms with Gasteiger partial charge in [0, 0.05) is 11.1 Å². The second kappa shape index (κ2) is 4.62. The van der Waals surface area contributed by atoms with Gasteiger partial charge in [0.05, 0.1) is 23.9 Å². The average molecular weight is 260 g/mol. The quantitative estimate of drug-likeness (QED) is 0.760. The van der Waals surface area contributed by atoms with Crippen molar-refractivity contribution in [1.82, 2.24) is 15.2 Å². The third kappa shape index (κ3) is 2.19. The standard InChI is InChI=1S/C13H16N4O2/c1-7-10-5-8(6-14-12(10)17-16-7)15-13(19)9-3-2-4-11(9)18/h5-6,9,11,18H,2-4H2,1H3,(H,15,19)(H,14,16,17). The van der Waals surface area contributed by atoms with Crippen LogP contribution in [0, 0.1) is 12.8 Å². The summed E-state index contributed by atoms with van der Waals surface area (Å²) in [7, 11) is 0. The Morgan fingerprint density at radius 2 is 2.37 bits per heavy atom. The minimum Gasteiger partial charge on any atom is -0.392 e. The number of H-pyrrole nitrogens is 1. The molecule has 6 nitrogen and oxygen atoms in total. The molecule has 2 unspecified atom stereocenters. The Morgan fingerprint density at radius 1 is 1.53 bits per heavy atom. The number of nitrogens with one attached hydrogen (secondary N) is 2. The molecule has 3 rings (SSSR count). The Balaban J connectivity index is 1.81. The molecule has 2 atom stereocenters. The van der Waals surface area contributed by atoms with E-state index < -0.39 is 6.10 Å². The van der Waals surface area contributed by atoms with E-state index in [1.165, 1.54) is 0 Å². The third-order valence-electron chi connectivity index (χ3n) is 3.68. The summed E-state index contributed by atoms with van der Waals surface area (Å²) in [6, 6.07) is 1.85. The first-order chi connectivity index (χ1) is 9.15. The molecular weight excluding hydrogens is 244 g/mol. The molecule has 1 saturated carbocycles. The van der Waals surface area contributed by atoms with Crippen molar-refractivity contribution in [2.45, 2.75) is 32.3 Å². The summed E-state index contributed by atoms with van der Waals surface area (Å²) in [5.74, 6) is -0.437. The van der Waals surface area contributed by atoms with Gasteiger partial charge in [-0.3, -0.25) is 9.89 Å². The van der Waals surface area contributed by atoms with Crippen molar-refractivity contribution in [3.63, 3.8) is 0 Å². The molecule has 2 heterocycles. The second-order valence-corrected chi connectivity index (χ2v) is 5.04. The molecule has 0 spiro atoms. The highest BCUT2D eigenvalue weighted by molar-refractivity contribution is 5.94. The lowest BCUT2D eigenvalue weighted by Gasteiger charge is -2.14. The van der Waals surface area contributed by atoms with Crippen molar-refractivity contribution in [3.05, 3.63) is 18.0 Å². The van der Waals surface area contributed by atoms with Crippen molar-refractivity contribution < 1.29 is 9.90 Å². The van der Waals surface area contributed by atoms with Crippen LogP contribution >= 0.6 is 0 Å². The summed E-state index contributed by atoms with van der Waals surface area (Å²) in [6.07, 6.45) is 3.41. The molecule has 0 aliphatic heterocycles. The van der Waals surface area contributed by atoms with Crippen LogP contribution in [-0.4, -0.2) is 32.3 Å². The van der Waals surface area contributed by atoms with Gasteiger partial charge in [-0.1, -0.05) is 0 Å². The number of pyridine rings is 1. The lowest BCUT2D eigenvalue weighted by Crippen LogP contribution is -2.28. The Hall–Kier alpha value is -1.95. The number of aromatic nitrogens is 3. The van der Waals surface area contributed by atoms with E-state index in [-0.39, 0.29) is 11.8 Å². The van der Waals surface area contributed by atoms with Crippen LogP contribution in [0.25, 0.3) is 11.0 Å². The van der Waals surface area contributed by atoms with Gasteiger partial charge in [0.1, 0.15) is 0 Å². The number of fused-ring (bicyclic) bond motifs is 1. The molecule has 1 aliphatic carbocycles. The maximum absolute atomic E-state index is 12.1. The summed E-state index contributed by atoms with van der Waals surface area (Å²) >= 11 is 0. The van der Waals surface area contributed by atoms with Gasteiger partial charge in [-0.25, -0.2) is 4.98 Å². The first kappa shape index (κ1) is 12.1. The zero-order chi connectivity index (χ0) is 13.4. The fraction of sp³-hybridized carbons (Fsp3) is 0.462. The lowest BCUT2D eigenvalue weighted by molar-refractivity contribution is -0.122. The maximum Gasteiger partial charge on any atom is 0.230 e. The highest BCUT2D eigenvalue weighted by Gasteiger charge is 2.31. The summed E-state index contributed by atoms with van der Waals surface area (Å²) in [5.41, 5.74) is 2.19. The number of aliphatic hydroxyl groups excluding tert-OH is 1. The molecule has 0 radical (unpaired) electrons. The number of amides is 1. The monoisotopic (exact) mass is 260 g/mol. The number of carbonyl (C=O) groups excluding carboxylic acids is 1. The molecule has 0 aromatic carbocycles. The van der Waals surface area contributed by atoms with E-state index in [9.17, 15) is 9.90 Å². The molecule has 1 amide bonds. The second-order valence-electron chi connectivity index (χ2n) is 5.04. The van der Waals surface area contributed by atoms with Crippen LogP contribution in [0.5, 0.6) is 0 Å². The zero-order valence-electron chi connectivity index (χ0n) is 10.7. The Morgan fingerprint density at radius 3 is 3.11 bits per heavy atom. The number of aromatic amines is 1. The molecule has 1 aliphatic rings. The number of carbonyl (C=O) groups is 1. The van der Waals surface area contributed by atoms with Crippen LogP contribution in [-0.2, 0) is 4.79 Å².